The standard InChI is InChI=1S/C20H22FN5O3S.ClH/c21-14-4-1-2-7-17(14)30(27,28)26-10-8-13(9-11-26)12-29-16-6-3-5-15-18(16)19(22)25-20(23)24-15;/h1-7,13H,8-12H2,(H4,22,23,24,25);1H. The summed E-state index contributed by atoms with van der Waals surface area (Å²) in [6, 6.07) is 10.8. The third kappa shape index (κ3) is 4.65. The van der Waals surface area contributed by atoms with Crippen LogP contribution in [0.5, 0.6) is 5.75 Å². The van der Waals surface area contributed by atoms with Crippen LogP contribution in [0.1, 0.15) is 12.8 Å². The molecule has 3 aromatic rings. The molecular weight excluding hydrogens is 445 g/mol. The molecule has 0 radical (unpaired) electrons. The molecule has 4 N–H and O–H groups in total. The van der Waals surface area contributed by atoms with E-state index in [2.05, 4.69) is 9.97 Å². The first-order valence-electron chi connectivity index (χ1n) is 9.55. The Morgan fingerprint density at radius 1 is 1.06 bits per heavy atom. The number of nitrogens with two attached hydrogens (primary N) is 2. The summed E-state index contributed by atoms with van der Waals surface area (Å²) in [5.41, 5.74) is 12.2. The topological polar surface area (TPSA) is 124 Å². The van der Waals surface area contributed by atoms with Gasteiger partial charge in [-0.1, -0.05) is 18.2 Å². The fourth-order valence-corrected chi connectivity index (χ4v) is 5.17. The molecule has 1 aliphatic rings. The van der Waals surface area contributed by atoms with E-state index in [1.54, 1.807) is 18.2 Å². The van der Waals surface area contributed by atoms with Crippen molar-refractivity contribution in [3.05, 3.63) is 48.3 Å². The number of hydrogen-bond acceptors (Lipinski definition) is 7. The third-order valence-corrected chi connectivity index (χ3v) is 7.16. The van der Waals surface area contributed by atoms with Gasteiger partial charge in [0.15, 0.2) is 0 Å². The summed E-state index contributed by atoms with van der Waals surface area (Å²) in [5, 5.41) is 0.603. The molecule has 0 spiro atoms. The number of halogens is 2. The molecule has 0 bridgehead atoms. The average molecular weight is 468 g/mol. The van der Waals surface area contributed by atoms with Crippen molar-refractivity contribution < 1.29 is 17.5 Å². The van der Waals surface area contributed by atoms with E-state index in [4.69, 9.17) is 16.2 Å². The lowest BCUT2D eigenvalue weighted by Gasteiger charge is -2.31. The molecular formula is C20H23ClFN5O3S. The third-order valence-electron chi connectivity index (χ3n) is 5.23. The van der Waals surface area contributed by atoms with Gasteiger partial charge in [0.2, 0.25) is 16.0 Å². The molecule has 1 saturated heterocycles. The fraction of sp³-hybridized carbons (Fsp3) is 0.300. The molecule has 0 aliphatic carbocycles. The minimum Gasteiger partial charge on any atom is -0.492 e. The smallest absolute Gasteiger partial charge is 0.245 e. The van der Waals surface area contributed by atoms with Crippen molar-refractivity contribution in [2.75, 3.05) is 31.2 Å². The summed E-state index contributed by atoms with van der Waals surface area (Å²) in [6.07, 6.45) is 1.22. The largest absolute Gasteiger partial charge is 0.492 e. The van der Waals surface area contributed by atoms with Gasteiger partial charge in [0.05, 0.1) is 17.5 Å². The second-order valence-corrected chi connectivity index (χ2v) is 9.11. The number of piperidine rings is 1. The van der Waals surface area contributed by atoms with Crippen LogP contribution < -0.4 is 16.2 Å². The van der Waals surface area contributed by atoms with Gasteiger partial charge in [-0.15, -0.1) is 12.4 Å². The Balaban J connectivity index is 0.00000272. The molecule has 0 amide bonds. The molecule has 1 aromatic heterocycles. The lowest BCUT2D eigenvalue weighted by molar-refractivity contribution is 0.186. The molecule has 31 heavy (non-hydrogen) atoms. The predicted molar refractivity (Wildman–Crippen MR) is 119 cm³/mol. The Labute approximate surface area is 185 Å². The summed E-state index contributed by atoms with van der Waals surface area (Å²) in [5.74, 6) is 0.327. The molecule has 2 heterocycles. The maximum Gasteiger partial charge on any atom is 0.245 e. The first kappa shape index (κ1) is 23.0. The summed E-state index contributed by atoms with van der Waals surface area (Å²) in [4.78, 5) is 7.87. The van der Waals surface area contributed by atoms with Gasteiger partial charge in [-0.2, -0.15) is 9.29 Å². The number of rotatable bonds is 5. The van der Waals surface area contributed by atoms with Crippen LogP contribution in [0.4, 0.5) is 16.2 Å². The molecule has 11 heteroatoms. The van der Waals surface area contributed by atoms with E-state index >= 15 is 0 Å². The maximum atomic E-state index is 14.0. The first-order valence-corrected chi connectivity index (χ1v) is 11.0. The van der Waals surface area contributed by atoms with Crippen LogP contribution in [0, 0.1) is 11.7 Å². The van der Waals surface area contributed by atoms with E-state index in [1.165, 1.54) is 22.5 Å². The van der Waals surface area contributed by atoms with Crippen LogP contribution in [-0.4, -0.2) is 42.4 Å². The van der Waals surface area contributed by atoms with Gasteiger partial charge < -0.3 is 16.2 Å². The minimum absolute atomic E-state index is 0. The zero-order valence-corrected chi connectivity index (χ0v) is 18.2. The number of benzene rings is 2. The van der Waals surface area contributed by atoms with Crippen LogP contribution in [0.3, 0.4) is 0 Å². The van der Waals surface area contributed by atoms with Crippen molar-refractivity contribution in [2.24, 2.45) is 5.92 Å². The van der Waals surface area contributed by atoms with Gasteiger partial charge in [0.1, 0.15) is 22.3 Å². The first-order chi connectivity index (χ1) is 14.4. The van der Waals surface area contributed by atoms with E-state index in [-0.39, 0.29) is 35.0 Å². The SMILES string of the molecule is Cl.Nc1nc(N)c2c(OCC3CCN(S(=O)(=O)c4ccccc4F)CC3)cccc2n1. The highest BCUT2D eigenvalue weighted by atomic mass is 35.5. The highest BCUT2D eigenvalue weighted by Crippen LogP contribution is 2.31. The van der Waals surface area contributed by atoms with Crippen molar-refractivity contribution >= 4 is 45.1 Å². The lowest BCUT2D eigenvalue weighted by Crippen LogP contribution is -2.40. The maximum absolute atomic E-state index is 14.0. The Morgan fingerprint density at radius 3 is 2.48 bits per heavy atom. The number of hydrogen-bond donors (Lipinski definition) is 2. The number of fused-ring (bicyclic) bond motifs is 1. The molecule has 0 atom stereocenters. The lowest BCUT2D eigenvalue weighted by atomic mass is 9.99. The number of ether oxygens (including phenoxy) is 1. The number of sulfonamides is 1. The van der Waals surface area contributed by atoms with Crippen LogP contribution >= 0.6 is 12.4 Å². The highest BCUT2D eigenvalue weighted by molar-refractivity contribution is 7.89. The molecule has 1 fully saturated rings. The molecule has 0 saturated carbocycles. The molecule has 2 aromatic carbocycles. The number of anilines is 2. The van der Waals surface area contributed by atoms with E-state index < -0.39 is 15.8 Å². The summed E-state index contributed by atoms with van der Waals surface area (Å²) in [6.45, 7) is 1.01. The van der Waals surface area contributed by atoms with Gasteiger partial charge >= 0.3 is 0 Å². The van der Waals surface area contributed by atoms with Gasteiger partial charge in [0, 0.05) is 13.1 Å². The van der Waals surface area contributed by atoms with Crippen molar-refractivity contribution in [2.45, 2.75) is 17.7 Å². The minimum atomic E-state index is -3.85. The van der Waals surface area contributed by atoms with Crippen LogP contribution in [0.25, 0.3) is 10.9 Å². The normalized spacial score (nSPS) is 15.5. The fourth-order valence-electron chi connectivity index (χ4n) is 3.64. The quantitative estimate of drug-likeness (QED) is 0.591. The number of nitrogen functional groups attached to an aromatic ring is 2. The zero-order valence-electron chi connectivity index (χ0n) is 16.6. The van der Waals surface area contributed by atoms with Gasteiger partial charge in [-0.3, -0.25) is 0 Å². The van der Waals surface area contributed by atoms with Crippen molar-refractivity contribution in [3.63, 3.8) is 0 Å². The predicted octanol–water partition coefficient (Wildman–Crippen LogP) is 2.83. The Kier molecular flexibility index (Phi) is 6.83. The second kappa shape index (κ2) is 9.21. The van der Waals surface area contributed by atoms with Crippen molar-refractivity contribution in [3.8, 4) is 5.75 Å². The Morgan fingerprint density at radius 2 is 1.77 bits per heavy atom. The van der Waals surface area contributed by atoms with E-state index in [0.29, 0.717) is 49.2 Å². The van der Waals surface area contributed by atoms with Gasteiger partial charge in [-0.05, 0) is 43.0 Å². The van der Waals surface area contributed by atoms with Crippen LogP contribution in [0.2, 0.25) is 0 Å². The van der Waals surface area contributed by atoms with Gasteiger partial charge in [-0.25, -0.2) is 17.8 Å². The zero-order chi connectivity index (χ0) is 21.3. The summed E-state index contributed by atoms with van der Waals surface area (Å²) < 4.78 is 46.7. The van der Waals surface area contributed by atoms with Crippen LogP contribution in [-0.2, 0) is 10.0 Å². The second-order valence-electron chi connectivity index (χ2n) is 7.21. The van der Waals surface area contributed by atoms with E-state index in [1.807, 2.05) is 0 Å². The molecule has 8 nitrogen and oxygen atoms in total. The monoisotopic (exact) mass is 467 g/mol. The van der Waals surface area contributed by atoms with Crippen molar-refractivity contribution in [1.29, 1.82) is 0 Å². The summed E-state index contributed by atoms with van der Waals surface area (Å²) in [7, 11) is -3.85. The average Bonchev–Trinajstić information content (AvgIpc) is 2.72. The molecule has 166 valence electrons. The van der Waals surface area contributed by atoms with E-state index in [9.17, 15) is 12.8 Å². The molecule has 1 aliphatic heterocycles. The van der Waals surface area contributed by atoms with Crippen molar-refractivity contribution in [1.82, 2.24) is 14.3 Å². The molecule has 0 unspecified atom stereocenters. The van der Waals surface area contributed by atoms with E-state index in [0.717, 1.165) is 6.07 Å². The van der Waals surface area contributed by atoms with Gasteiger partial charge in [0.25, 0.3) is 0 Å². The van der Waals surface area contributed by atoms with Crippen LogP contribution in [0.15, 0.2) is 47.4 Å². The molecule has 4 rings (SSSR count). The number of nitrogens with zero attached hydrogens (tertiary/aromatic N) is 3. The Hall–Kier alpha value is -2.69. The highest BCUT2D eigenvalue weighted by Gasteiger charge is 2.31. The number of aromatic nitrogens is 2. The Bertz CT molecular complexity index is 1190. The summed E-state index contributed by atoms with van der Waals surface area (Å²) >= 11 is 0.